The molecule has 0 aromatic heterocycles. The van der Waals surface area contributed by atoms with Gasteiger partial charge in [-0.15, -0.1) is 0 Å². The lowest BCUT2D eigenvalue weighted by atomic mass is 10.2. The largest absolute Gasteiger partial charge is 0.390 e. The second kappa shape index (κ2) is 2.22. The van der Waals surface area contributed by atoms with E-state index in [1.165, 1.54) is 6.92 Å². The van der Waals surface area contributed by atoms with E-state index in [-0.39, 0.29) is 5.57 Å². The number of aliphatic hydroxyl groups excluding tert-OH is 1. The van der Waals surface area contributed by atoms with Crippen LogP contribution in [0.15, 0.2) is 12.2 Å². The summed E-state index contributed by atoms with van der Waals surface area (Å²) >= 11 is 0. The van der Waals surface area contributed by atoms with Gasteiger partial charge in [0.05, 0.1) is 0 Å². The molecule has 0 amide bonds. The Kier molecular flexibility index (Phi) is 2.10. The van der Waals surface area contributed by atoms with Gasteiger partial charge in [0, 0.05) is 0 Å². The van der Waals surface area contributed by atoms with Crippen LogP contribution in [0.1, 0.15) is 6.92 Å². The Labute approximate surface area is 46.6 Å². The maximum Gasteiger partial charge on any atom is 0.291 e. The molecule has 0 aliphatic heterocycles. The van der Waals surface area contributed by atoms with Crippen molar-refractivity contribution in [3.05, 3.63) is 12.2 Å². The third-order valence-corrected chi connectivity index (χ3v) is 0.823. The molecule has 0 fully saturated rings. The number of rotatable bonds is 2. The van der Waals surface area contributed by atoms with Crippen molar-refractivity contribution in [3.8, 4) is 0 Å². The van der Waals surface area contributed by atoms with E-state index < -0.39 is 12.5 Å². The summed E-state index contributed by atoms with van der Waals surface area (Å²) in [6.07, 6.45) is 0. The SMILES string of the molecule is C=C(C)C(F)(F)CO. The monoisotopic (exact) mass is 122 g/mol. The van der Waals surface area contributed by atoms with E-state index in [0.29, 0.717) is 0 Å². The van der Waals surface area contributed by atoms with Crippen LogP contribution in [0, 0.1) is 0 Å². The minimum atomic E-state index is -3.10. The summed E-state index contributed by atoms with van der Waals surface area (Å²) in [6, 6.07) is 0. The van der Waals surface area contributed by atoms with E-state index in [1.807, 2.05) is 0 Å². The molecule has 1 N–H and O–H groups in total. The zero-order valence-electron chi connectivity index (χ0n) is 4.62. The number of alkyl halides is 2. The predicted octanol–water partition coefficient (Wildman–Crippen LogP) is 1.19. The van der Waals surface area contributed by atoms with Crippen LogP contribution in [0.2, 0.25) is 0 Å². The highest BCUT2D eigenvalue weighted by atomic mass is 19.3. The molecule has 0 bridgehead atoms. The standard InChI is InChI=1S/C5H8F2O/c1-4(2)5(6,7)3-8/h8H,1,3H2,2H3. The topological polar surface area (TPSA) is 20.2 Å². The number of hydrogen-bond acceptors (Lipinski definition) is 1. The second-order valence-corrected chi connectivity index (χ2v) is 1.64. The summed E-state index contributed by atoms with van der Waals surface area (Å²) in [5.74, 6) is -3.10. The van der Waals surface area contributed by atoms with Crippen LogP contribution in [0.4, 0.5) is 8.78 Å². The molecule has 8 heavy (non-hydrogen) atoms. The summed E-state index contributed by atoms with van der Waals surface area (Å²) in [4.78, 5) is 0. The molecule has 0 heterocycles. The van der Waals surface area contributed by atoms with Gasteiger partial charge in [-0.25, -0.2) is 0 Å². The molecule has 0 unspecified atom stereocenters. The minimum Gasteiger partial charge on any atom is -0.390 e. The van der Waals surface area contributed by atoms with Crippen molar-refractivity contribution in [2.75, 3.05) is 6.61 Å². The third-order valence-electron chi connectivity index (χ3n) is 0.823. The molecule has 0 aliphatic carbocycles. The molecule has 0 saturated heterocycles. The van der Waals surface area contributed by atoms with Gasteiger partial charge >= 0.3 is 0 Å². The fourth-order valence-corrected chi connectivity index (χ4v) is 0.135. The van der Waals surface area contributed by atoms with Gasteiger partial charge in [0.2, 0.25) is 0 Å². The molecule has 0 spiro atoms. The lowest BCUT2D eigenvalue weighted by Gasteiger charge is -2.10. The normalized spacial score (nSPS) is 11.5. The molecule has 0 atom stereocenters. The van der Waals surface area contributed by atoms with Gasteiger partial charge < -0.3 is 5.11 Å². The predicted molar refractivity (Wildman–Crippen MR) is 26.8 cm³/mol. The van der Waals surface area contributed by atoms with E-state index in [1.54, 1.807) is 0 Å². The summed E-state index contributed by atoms with van der Waals surface area (Å²) in [7, 11) is 0. The van der Waals surface area contributed by atoms with Crippen molar-refractivity contribution >= 4 is 0 Å². The van der Waals surface area contributed by atoms with Gasteiger partial charge in [0.25, 0.3) is 5.92 Å². The van der Waals surface area contributed by atoms with Crippen LogP contribution in [-0.4, -0.2) is 17.6 Å². The van der Waals surface area contributed by atoms with Crippen LogP contribution in [-0.2, 0) is 0 Å². The van der Waals surface area contributed by atoms with Crippen molar-refractivity contribution in [2.45, 2.75) is 12.8 Å². The smallest absolute Gasteiger partial charge is 0.291 e. The Bertz CT molecular complexity index is 98.6. The minimum absolute atomic E-state index is 0.306. The van der Waals surface area contributed by atoms with Crippen molar-refractivity contribution in [3.63, 3.8) is 0 Å². The van der Waals surface area contributed by atoms with Crippen molar-refractivity contribution in [1.82, 2.24) is 0 Å². The van der Waals surface area contributed by atoms with Gasteiger partial charge in [0.1, 0.15) is 6.61 Å². The van der Waals surface area contributed by atoms with E-state index in [4.69, 9.17) is 5.11 Å². The number of halogens is 2. The van der Waals surface area contributed by atoms with Crippen molar-refractivity contribution < 1.29 is 13.9 Å². The lowest BCUT2D eigenvalue weighted by molar-refractivity contribution is -0.0151. The maximum atomic E-state index is 11.9. The summed E-state index contributed by atoms with van der Waals surface area (Å²) in [6.45, 7) is 3.01. The molecular weight excluding hydrogens is 114 g/mol. The summed E-state index contributed by atoms with van der Waals surface area (Å²) in [5.41, 5.74) is -0.306. The van der Waals surface area contributed by atoms with Gasteiger partial charge in [-0.1, -0.05) is 6.58 Å². The first kappa shape index (κ1) is 7.56. The van der Waals surface area contributed by atoms with Crippen molar-refractivity contribution in [2.24, 2.45) is 0 Å². The van der Waals surface area contributed by atoms with E-state index in [0.717, 1.165) is 0 Å². The van der Waals surface area contributed by atoms with Crippen molar-refractivity contribution in [1.29, 1.82) is 0 Å². The molecule has 0 radical (unpaired) electrons. The van der Waals surface area contributed by atoms with Gasteiger partial charge in [-0.05, 0) is 12.5 Å². The highest BCUT2D eigenvalue weighted by Gasteiger charge is 2.27. The molecule has 3 heteroatoms. The summed E-state index contributed by atoms with van der Waals surface area (Å²) < 4.78 is 23.9. The van der Waals surface area contributed by atoms with E-state index in [2.05, 4.69) is 6.58 Å². The molecule has 0 rings (SSSR count). The maximum absolute atomic E-state index is 11.9. The Morgan fingerprint density at radius 2 is 2.12 bits per heavy atom. The first-order valence-corrected chi connectivity index (χ1v) is 2.15. The Morgan fingerprint density at radius 1 is 1.75 bits per heavy atom. The van der Waals surface area contributed by atoms with Gasteiger partial charge in [0.15, 0.2) is 0 Å². The number of aliphatic hydroxyl groups is 1. The highest BCUT2D eigenvalue weighted by Crippen LogP contribution is 2.20. The van der Waals surface area contributed by atoms with Crippen LogP contribution in [0.25, 0.3) is 0 Å². The average Bonchev–Trinajstić information content (AvgIpc) is 1.67. The average molecular weight is 122 g/mol. The quantitative estimate of drug-likeness (QED) is 0.545. The Morgan fingerprint density at radius 3 is 2.12 bits per heavy atom. The first-order chi connectivity index (χ1) is 3.50. The zero-order valence-corrected chi connectivity index (χ0v) is 4.62. The molecule has 48 valence electrons. The number of hydrogen-bond donors (Lipinski definition) is 1. The Hall–Kier alpha value is -0.440. The highest BCUT2D eigenvalue weighted by molar-refractivity contribution is 5.02. The molecule has 0 aromatic carbocycles. The van der Waals surface area contributed by atoms with E-state index in [9.17, 15) is 8.78 Å². The van der Waals surface area contributed by atoms with Gasteiger partial charge in [-0.3, -0.25) is 0 Å². The lowest BCUT2D eigenvalue weighted by Crippen LogP contribution is -2.21. The Balaban J connectivity index is 3.91. The molecule has 0 aromatic rings. The van der Waals surface area contributed by atoms with E-state index >= 15 is 0 Å². The van der Waals surface area contributed by atoms with Crippen LogP contribution < -0.4 is 0 Å². The molecule has 0 aliphatic rings. The van der Waals surface area contributed by atoms with Crippen LogP contribution in [0.5, 0.6) is 0 Å². The second-order valence-electron chi connectivity index (χ2n) is 1.64. The van der Waals surface area contributed by atoms with Crippen LogP contribution >= 0.6 is 0 Å². The molecule has 1 nitrogen and oxygen atoms in total. The fourth-order valence-electron chi connectivity index (χ4n) is 0.135. The fraction of sp³-hybridized carbons (Fsp3) is 0.600. The zero-order chi connectivity index (χ0) is 6.78. The van der Waals surface area contributed by atoms with Crippen LogP contribution in [0.3, 0.4) is 0 Å². The van der Waals surface area contributed by atoms with Gasteiger partial charge in [-0.2, -0.15) is 8.78 Å². The first-order valence-electron chi connectivity index (χ1n) is 2.15. The third kappa shape index (κ3) is 1.58. The summed E-state index contributed by atoms with van der Waals surface area (Å²) in [5, 5.41) is 7.95. The molecule has 0 saturated carbocycles. The molecular formula is C5H8F2O.